The van der Waals surface area contributed by atoms with Crippen LogP contribution in [-0.2, 0) is 4.79 Å². The quantitative estimate of drug-likeness (QED) is 0.538. The molecule has 1 aliphatic carbocycles. The van der Waals surface area contributed by atoms with E-state index in [2.05, 4.69) is 0 Å². The fraction of sp³-hybridized carbons (Fsp3) is 0.667. The summed E-state index contributed by atoms with van der Waals surface area (Å²) in [5.74, 6) is 0.420. The van der Waals surface area contributed by atoms with E-state index in [1.54, 1.807) is 0 Å². The van der Waals surface area contributed by atoms with Gasteiger partial charge in [0.25, 0.3) is 0 Å². The van der Waals surface area contributed by atoms with Crippen LogP contribution in [0.5, 0.6) is 0 Å². The van der Waals surface area contributed by atoms with Gasteiger partial charge in [-0.1, -0.05) is 12.5 Å². The van der Waals surface area contributed by atoms with Crippen molar-refractivity contribution in [2.45, 2.75) is 32.1 Å². The van der Waals surface area contributed by atoms with Gasteiger partial charge in [0.05, 0.1) is 2.74 Å². The second-order valence-electron chi connectivity index (χ2n) is 2.85. The Morgan fingerprint density at radius 1 is 1.80 bits per heavy atom. The standard InChI is InChI=1S/C9H14O/c1-2-5-8-6-3-4-7-9(8)10/h2,8H,1,3-7H2/t8-/m1/s1/i1D2. The highest BCUT2D eigenvalue weighted by molar-refractivity contribution is 5.81. The molecule has 0 radical (unpaired) electrons. The Labute approximate surface area is 64.9 Å². The van der Waals surface area contributed by atoms with Gasteiger partial charge < -0.3 is 0 Å². The van der Waals surface area contributed by atoms with Crippen molar-refractivity contribution >= 4 is 5.78 Å². The molecular formula is C9H14O. The second-order valence-corrected chi connectivity index (χ2v) is 2.85. The summed E-state index contributed by atoms with van der Waals surface area (Å²) in [6.45, 7) is -0.173. The molecule has 0 amide bonds. The van der Waals surface area contributed by atoms with Gasteiger partial charge in [-0.05, 0) is 19.3 Å². The van der Waals surface area contributed by atoms with Crippen LogP contribution in [0.4, 0.5) is 0 Å². The molecule has 0 aromatic carbocycles. The van der Waals surface area contributed by atoms with E-state index in [9.17, 15) is 4.79 Å². The molecule has 10 heavy (non-hydrogen) atoms. The highest BCUT2D eigenvalue weighted by Gasteiger charge is 2.19. The summed E-state index contributed by atoms with van der Waals surface area (Å²) >= 11 is 0. The smallest absolute Gasteiger partial charge is 0.136 e. The summed E-state index contributed by atoms with van der Waals surface area (Å²) in [7, 11) is 0. The van der Waals surface area contributed by atoms with E-state index in [4.69, 9.17) is 2.74 Å². The molecule has 1 saturated carbocycles. The van der Waals surface area contributed by atoms with E-state index < -0.39 is 0 Å². The summed E-state index contributed by atoms with van der Waals surface area (Å²) in [6, 6.07) is 0. The minimum Gasteiger partial charge on any atom is -0.299 e. The van der Waals surface area contributed by atoms with E-state index in [0.29, 0.717) is 18.6 Å². The summed E-state index contributed by atoms with van der Waals surface area (Å²) < 4.78 is 13.8. The number of allylic oxidation sites excluding steroid dienone is 1. The van der Waals surface area contributed by atoms with Crippen molar-refractivity contribution in [3.05, 3.63) is 12.6 Å². The number of carbonyl (C=O) groups excluding carboxylic acids is 1. The minimum absolute atomic E-state index is 0.101. The van der Waals surface area contributed by atoms with Crippen LogP contribution in [0.25, 0.3) is 0 Å². The fourth-order valence-corrected chi connectivity index (χ4v) is 1.45. The highest BCUT2D eigenvalue weighted by Crippen LogP contribution is 2.23. The zero-order chi connectivity index (χ0) is 8.97. The van der Waals surface area contributed by atoms with Crippen molar-refractivity contribution in [3.8, 4) is 0 Å². The van der Waals surface area contributed by atoms with Crippen LogP contribution in [0, 0.1) is 5.92 Å². The molecule has 1 fully saturated rings. The molecule has 0 unspecified atom stereocenters. The lowest BCUT2D eigenvalue weighted by Crippen LogP contribution is -2.17. The topological polar surface area (TPSA) is 17.1 Å². The number of carbonyl (C=O) groups is 1. The molecule has 1 atom stereocenters. The molecule has 1 nitrogen and oxygen atoms in total. The third kappa shape index (κ3) is 1.69. The van der Waals surface area contributed by atoms with Crippen molar-refractivity contribution in [1.29, 1.82) is 0 Å². The zero-order valence-electron chi connectivity index (χ0n) is 8.10. The molecule has 0 aliphatic heterocycles. The maximum absolute atomic E-state index is 11.3. The number of Topliss-reactive ketones (excluding diaryl/α,β-unsaturated/α-hetero) is 1. The molecule has 0 spiro atoms. The minimum atomic E-state index is -0.173. The van der Waals surface area contributed by atoms with E-state index in [1.165, 1.54) is 6.08 Å². The van der Waals surface area contributed by atoms with Crippen molar-refractivity contribution in [1.82, 2.24) is 0 Å². The van der Waals surface area contributed by atoms with Crippen LogP contribution in [-0.4, -0.2) is 5.78 Å². The molecule has 1 aliphatic rings. The fourth-order valence-electron chi connectivity index (χ4n) is 1.45. The van der Waals surface area contributed by atoms with Crippen molar-refractivity contribution in [2.24, 2.45) is 5.92 Å². The van der Waals surface area contributed by atoms with Crippen molar-refractivity contribution < 1.29 is 7.54 Å². The Morgan fingerprint density at radius 3 is 3.40 bits per heavy atom. The van der Waals surface area contributed by atoms with Crippen molar-refractivity contribution in [3.63, 3.8) is 0 Å². The van der Waals surface area contributed by atoms with E-state index in [0.717, 1.165) is 19.3 Å². The molecule has 0 heterocycles. The lowest BCUT2D eigenvalue weighted by atomic mass is 9.86. The van der Waals surface area contributed by atoms with Crippen LogP contribution < -0.4 is 0 Å². The number of hydrogen-bond acceptors (Lipinski definition) is 1. The van der Waals surface area contributed by atoms with E-state index >= 15 is 0 Å². The zero-order valence-corrected chi connectivity index (χ0v) is 6.10. The first-order valence-corrected chi connectivity index (χ1v) is 3.86. The lowest BCUT2D eigenvalue weighted by Gasteiger charge is -2.18. The summed E-state index contributed by atoms with van der Waals surface area (Å²) in [5, 5.41) is 0. The number of ketones is 1. The Hall–Kier alpha value is -0.590. The Bertz CT molecular complexity index is 195. The van der Waals surface area contributed by atoms with Gasteiger partial charge >= 0.3 is 0 Å². The van der Waals surface area contributed by atoms with Crippen molar-refractivity contribution in [2.75, 3.05) is 0 Å². The molecule has 1 heteroatoms. The highest BCUT2D eigenvalue weighted by atomic mass is 16.1. The van der Waals surface area contributed by atoms with Gasteiger partial charge in [0, 0.05) is 12.3 Å². The molecule has 0 aromatic heterocycles. The normalized spacial score (nSPS) is 28.8. The van der Waals surface area contributed by atoms with Crippen LogP contribution in [0.3, 0.4) is 0 Å². The summed E-state index contributed by atoms with van der Waals surface area (Å²) in [4.78, 5) is 11.3. The maximum Gasteiger partial charge on any atom is 0.136 e. The van der Waals surface area contributed by atoms with Crippen LogP contribution in [0.15, 0.2) is 12.6 Å². The van der Waals surface area contributed by atoms with Gasteiger partial charge in [-0.25, -0.2) is 0 Å². The Kier molecular flexibility index (Phi) is 1.81. The van der Waals surface area contributed by atoms with Crippen LogP contribution in [0.1, 0.15) is 34.8 Å². The predicted octanol–water partition coefficient (Wildman–Crippen LogP) is 2.32. The average molecular weight is 140 g/mol. The van der Waals surface area contributed by atoms with Gasteiger partial charge in [0.2, 0.25) is 0 Å². The van der Waals surface area contributed by atoms with Crippen LogP contribution in [0.2, 0.25) is 0 Å². The van der Waals surface area contributed by atoms with Gasteiger partial charge in [-0.15, -0.1) is 6.53 Å². The maximum atomic E-state index is 11.3. The second kappa shape index (κ2) is 3.55. The number of hydrogen-bond donors (Lipinski definition) is 0. The number of rotatable bonds is 2. The largest absolute Gasteiger partial charge is 0.299 e. The summed E-state index contributed by atoms with van der Waals surface area (Å²) in [6.07, 6.45) is 5.91. The molecule has 0 bridgehead atoms. The predicted molar refractivity (Wildman–Crippen MR) is 41.8 cm³/mol. The Balaban J connectivity index is 2.39. The SMILES string of the molecule is [2H]C([2H])=CC[C@@H]1CCCCC1=O. The lowest BCUT2D eigenvalue weighted by molar-refractivity contribution is -0.124. The molecule has 1 rings (SSSR count). The molecule has 56 valence electrons. The van der Waals surface area contributed by atoms with E-state index in [1.807, 2.05) is 0 Å². The molecular weight excluding hydrogens is 124 g/mol. The Morgan fingerprint density at radius 2 is 2.70 bits per heavy atom. The van der Waals surface area contributed by atoms with E-state index in [-0.39, 0.29) is 12.4 Å². The van der Waals surface area contributed by atoms with Gasteiger partial charge in [0.1, 0.15) is 5.78 Å². The van der Waals surface area contributed by atoms with Crippen LogP contribution >= 0.6 is 0 Å². The van der Waals surface area contributed by atoms with Gasteiger partial charge in [-0.2, -0.15) is 0 Å². The molecule has 0 aromatic rings. The first-order valence-electron chi connectivity index (χ1n) is 4.86. The molecule has 0 N–H and O–H groups in total. The monoisotopic (exact) mass is 140 g/mol. The first-order chi connectivity index (χ1) is 5.70. The van der Waals surface area contributed by atoms with Gasteiger partial charge in [-0.3, -0.25) is 4.79 Å². The summed E-state index contributed by atoms with van der Waals surface area (Å²) in [5.41, 5.74) is 0. The third-order valence-corrected chi connectivity index (χ3v) is 2.08. The van der Waals surface area contributed by atoms with Gasteiger partial charge in [0.15, 0.2) is 0 Å². The average Bonchev–Trinajstić information content (AvgIpc) is 2.03. The first kappa shape index (κ1) is 5.11. The molecule has 0 saturated heterocycles. The third-order valence-electron chi connectivity index (χ3n) is 2.08.